The molecule has 3 rings (SSSR count). The molecule has 24 heavy (non-hydrogen) atoms. The topological polar surface area (TPSA) is 43.4 Å². The monoisotopic (exact) mass is 322 g/mol. The van der Waals surface area contributed by atoms with Crippen molar-refractivity contribution in [1.82, 2.24) is 0 Å². The second-order valence-electron chi connectivity index (χ2n) is 6.31. The second kappa shape index (κ2) is 7.00. The summed E-state index contributed by atoms with van der Waals surface area (Å²) >= 11 is 0. The molecular weight excluding hydrogens is 300 g/mol. The molecule has 0 N–H and O–H groups in total. The third kappa shape index (κ3) is 3.12. The molecule has 2 aromatic rings. The lowest BCUT2D eigenvalue weighted by molar-refractivity contribution is -0.148. The zero-order valence-electron chi connectivity index (χ0n) is 14.0. The number of hydrogen-bond donors (Lipinski definition) is 0. The van der Waals surface area contributed by atoms with Crippen LogP contribution in [0, 0.1) is 17.8 Å². The van der Waals surface area contributed by atoms with Gasteiger partial charge in [0.05, 0.1) is 12.5 Å². The summed E-state index contributed by atoms with van der Waals surface area (Å²) in [6.45, 7) is 4.04. The summed E-state index contributed by atoms with van der Waals surface area (Å²) in [5.41, 5.74) is 1.83. The molecule has 1 fully saturated rings. The van der Waals surface area contributed by atoms with Gasteiger partial charge in [0.15, 0.2) is 5.78 Å². The van der Waals surface area contributed by atoms with E-state index < -0.39 is 0 Å². The van der Waals surface area contributed by atoms with E-state index in [1.165, 1.54) is 0 Å². The van der Waals surface area contributed by atoms with Crippen molar-refractivity contribution in [1.29, 1.82) is 0 Å². The predicted octanol–water partition coefficient (Wildman–Crippen LogP) is 4.10. The second-order valence-corrected chi connectivity index (χ2v) is 6.31. The van der Waals surface area contributed by atoms with Crippen LogP contribution in [0.5, 0.6) is 0 Å². The van der Waals surface area contributed by atoms with Gasteiger partial charge in [-0.05, 0) is 24.3 Å². The van der Waals surface area contributed by atoms with E-state index in [4.69, 9.17) is 4.74 Å². The molecule has 0 heterocycles. The Morgan fingerprint density at radius 2 is 1.58 bits per heavy atom. The van der Waals surface area contributed by atoms with Gasteiger partial charge in [0.1, 0.15) is 0 Å². The Bertz CT molecular complexity index is 708. The fourth-order valence-corrected chi connectivity index (χ4v) is 3.62. The van der Waals surface area contributed by atoms with Crippen LogP contribution >= 0.6 is 0 Å². The first-order valence-electron chi connectivity index (χ1n) is 8.46. The van der Waals surface area contributed by atoms with Crippen LogP contribution in [-0.2, 0) is 9.53 Å². The summed E-state index contributed by atoms with van der Waals surface area (Å²) in [6, 6.07) is 19.3. The zero-order chi connectivity index (χ0) is 17.1. The maximum atomic E-state index is 12.9. The number of esters is 1. The summed E-state index contributed by atoms with van der Waals surface area (Å²) in [7, 11) is 0. The maximum absolute atomic E-state index is 12.9. The number of carbonyl (C=O) groups excluding carboxylic acids is 2. The van der Waals surface area contributed by atoms with Crippen molar-refractivity contribution in [2.24, 2.45) is 17.8 Å². The van der Waals surface area contributed by atoms with Crippen molar-refractivity contribution in [3.63, 3.8) is 0 Å². The number of carbonyl (C=O) groups is 2. The quantitative estimate of drug-likeness (QED) is 0.594. The summed E-state index contributed by atoms with van der Waals surface area (Å²) in [5.74, 6) is -0.461. The molecule has 0 amide bonds. The molecule has 2 aromatic carbocycles. The molecule has 0 aromatic heterocycles. The van der Waals surface area contributed by atoms with E-state index in [0.717, 1.165) is 5.56 Å². The molecule has 0 saturated heterocycles. The van der Waals surface area contributed by atoms with Gasteiger partial charge >= 0.3 is 5.97 Å². The lowest BCUT2D eigenvalue weighted by Crippen LogP contribution is -2.19. The highest BCUT2D eigenvalue weighted by molar-refractivity contribution is 6.01. The van der Waals surface area contributed by atoms with Gasteiger partial charge in [-0.15, -0.1) is 0 Å². The maximum Gasteiger partial charge on any atom is 0.308 e. The Balaban J connectivity index is 1.87. The van der Waals surface area contributed by atoms with Gasteiger partial charge in [-0.25, -0.2) is 0 Å². The number of ketones is 1. The number of hydrogen-bond acceptors (Lipinski definition) is 3. The Morgan fingerprint density at radius 1 is 1.00 bits per heavy atom. The Hall–Kier alpha value is -2.42. The molecule has 1 unspecified atom stereocenters. The van der Waals surface area contributed by atoms with E-state index >= 15 is 0 Å². The first-order valence-corrected chi connectivity index (χ1v) is 8.46. The molecule has 4 atom stereocenters. The average Bonchev–Trinajstić information content (AvgIpc) is 3.37. The largest absolute Gasteiger partial charge is 0.466 e. The highest BCUT2D eigenvalue weighted by Gasteiger charge is 2.59. The van der Waals surface area contributed by atoms with Crippen molar-refractivity contribution in [2.45, 2.75) is 19.8 Å². The first kappa shape index (κ1) is 16.4. The van der Waals surface area contributed by atoms with Gasteiger partial charge in [0.2, 0.25) is 0 Å². The van der Waals surface area contributed by atoms with Crippen LogP contribution in [0.2, 0.25) is 0 Å². The normalized spacial score (nSPS) is 23.3. The molecule has 1 saturated carbocycles. The predicted molar refractivity (Wildman–Crippen MR) is 92.7 cm³/mol. The zero-order valence-corrected chi connectivity index (χ0v) is 14.0. The third-order valence-electron chi connectivity index (χ3n) is 4.86. The number of rotatable bonds is 6. The molecule has 3 heteroatoms. The van der Waals surface area contributed by atoms with E-state index in [9.17, 15) is 9.59 Å². The van der Waals surface area contributed by atoms with Crippen LogP contribution in [-0.4, -0.2) is 18.4 Å². The van der Waals surface area contributed by atoms with Gasteiger partial charge in [-0.3, -0.25) is 9.59 Å². The molecule has 3 nitrogen and oxygen atoms in total. The van der Waals surface area contributed by atoms with Gasteiger partial charge in [-0.2, -0.15) is 0 Å². The molecule has 0 bridgehead atoms. The number of ether oxygens (including phenoxy) is 1. The minimum Gasteiger partial charge on any atom is -0.466 e. The van der Waals surface area contributed by atoms with Crippen LogP contribution in [0.1, 0.15) is 35.7 Å². The fraction of sp³-hybridized carbons (Fsp3) is 0.333. The van der Waals surface area contributed by atoms with Crippen LogP contribution < -0.4 is 0 Å². The minimum absolute atomic E-state index is 0.000781. The van der Waals surface area contributed by atoms with E-state index in [2.05, 4.69) is 0 Å². The molecular formula is C21H22O3. The Morgan fingerprint density at radius 3 is 2.17 bits per heavy atom. The number of Topliss-reactive ketones (excluding diaryl/α,β-unsaturated/α-hetero) is 1. The van der Waals surface area contributed by atoms with Crippen LogP contribution in [0.25, 0.3) is 0 Å². The SMILES string of the molecule is CCOC(=O)C(C)[C@@H]1[C@@H](C(=O)c2ccccc2)[C@@H]1c1ccccc1. The Labute approximate surface area is 142 Å². The molecule has 1 aliphatic carbocycles. The van der Waals surface area contributed by atoms with Crippen molar-refractivity contribution in [2.75, 3.05) is 6.61 Å². The highest BCUT2D eigenvalue weighted by atomic mass is 16.5. The third-order valence-corrected chi connectivity index (χ3v) is 4.86. The molecule has 0 radical (unpaired) electrons. The van der Waals surface area contributed by atoms with Crippen molar-refractivity contribution in [3.05, 3.63) is 71.8 Å². The minimum atomic E-state index is -0.284. The molecule has 0 aliphatic heterocycles. The van der Waals surface area contributed by atoms with Crippen LogP contribution in [0.3, 0.4) is 0 Å². The van der Waals surface area contributed by atoms with Crippen LogP contribution in [0.4, 0.5) is 0 Å². The van der Waals surface area contributed by atoms with Crippen molar-refractivity contribution >= 4 is 11.8 Å². The first-order chi connectivity index (χ1) is 11.6. The number of benzene rings is 2. The summed E-state index contributed by atoms with van der Waals surface area (Å²) in [5, 5.41) is 0. The fourth-order valence-electron chi connectivity index (χ4n) is 3.62. The van der Waals surface area contributed by atoms with Crippen molar-refractivity contribution in [3.8, 4) is 0 Å². The van der Waals surface area contributed by atoms with Gasteiger partial charge in [0.25, 0.3) is 0 Å². The van der Waals surface area contributed by atoms with Crippen LogP contribution in [0.15, 0.2) is 60.7 Å². The van der Waals surface area contributed by atoms with Gasteiger partial charge in [-0.1, -0.05) is 67.6 Å². The van der Waals surface area contributed by atoms with Crippen molar-refractivity contribution < 1.29 is 14.3 Å². The van der Waals surface area contributed by atoms with E-state index in [-0.39, 0.29) is 35.4 Å². The van der Waals surface area contributed by atoms with Gasteiger partial charge in [0, 0.05) is 11.5 Å². The van der Waals surface area contributed by atoms with E-state index in [1.54, 1.807) is 6.92 Å². The summed E-state index contributed by atoms with van der Waals surface area (Å²) in [6.07, 6.45) is 0. The lowest BCUT2D eigenvalue weighted by atomic mass is 10.00. The summed E-state index contributed by atoms with van der Waals surface area (Å²) in [4.78, 5) is 25.1. The van der Waals surface area contributed by atoms with E-state index in [1.807, 2.05) is 67.6 Å². The summed E-state index contributed by atoms with van der Waals surface area (Å²) < 4.78 is 5.17. The van der Waals surface area contributed by atoms with Gasteiger partial charge < -0.3 is 4.74 Å². The Kier molecular flexibility index (Phi) is 4.79. The highest BCUT2D eigenvalue weighted by Crippen LogP contribution is 2.59. The molecule has 124 valence electrons. The lowest BCUT2D eigenvalue weighted by Gasteiger charge is -2.10. The standard InChI is InChI=1S/C21H22O3/c1-3-24-21(23)14(2)17-18(15-10-6-4-7-11-15)19(17)20(22)16-12-8-5-9-13-16/h4-14,17-19H,3H2,1-2H3/t14?,17-,18+,19+/m0/s1. The smallest absolute Gasteiger partial charge is 0.308 e. The van der Waals surface area contributed by atoms with E-state index in [0.29, 0.717) is 12.2 Å². The average molecular weight is 322 g/mol. The molecule has 0 spiro atoms. The molecule has 1 aliphatic rings.